The Morgan fingerprint density at radius 1 is 1.32 bits per heavy atom. The molecule has 1 N–H and O–H groups in total. The molecule has 1 aliphatic heterocycles. The van der Waals surface area contributed by atoms with Crippen LogP contribution in [0.4, 0.5) is 0 Å². The first-order valence-corrected chi connectivity index (χ1v) is 9.30. The van der Waals surface area contributed by atoms with Crippen molar-refractivity contribution >= 4 is 26.6 Å². The molecular weight excluding hydrogens is 300 g/mol. The van der Waals surface area contributed by atoms with Crippen LogP contribution in [0, 0.1) is 0 Å². The molecule has 0 saturated carbocycles. The van der Waals surface area contributed by atoms with E-state index in [0.29, 0.717) is 18.0 Å². The molecule has 22 heavy (non-hydrogen) atoms. The molecule has 0 unspecified atom stereocenters. The van der Waals surface area contributed by atoms with Crippen molar-refractivity contribution < 1.29 is 13.2 Å². The zero-order chi connectivity index (χ0) is 15.9. The molecule has 1 aromatic carbocycles. The van der Waals surface area contributed by atoms with Crippen LogP contribution in [0.3, 0.4) is 0 Å². The van der Waals surface area contributed by atoms with Crippen molar-refractivity contribution in [3.63, 3.8) is 0 Å². The van der Waals surface area contributed by atoms with Crippen LogP contribution >= 0.6 is 0 Å². The van der Waals surface area contributed by atoms with Gasteiger partial charge in [-0.25, -0.2) is 8.42 Å². The lowest BCUT2D eigenvalue weighted by molar-refractivity contribution is 0.0943. The second-order valence-corrected chi connectivity index (χ2v) is 8.36. The highest BCUT2D eigenvalue weighted by Gasteiger charge is 2.29. The zero-order valence-electron chi connectivity index (χ0n) is 12.7. The Morgan fingerprint density at radius 2 is 2.09 bits per heavy atom. The summed E-state index contributed by atoms with van der Waals surface area (Å²) in [6.07, 6.45) is 2.48. The summed E-state index contributed by atoms with van der Waals surface area (Å²) in [7, 11) is -2.99. The summed E-state index contributed by atoms with van der Waals surface area (Å²) in [5.74, 6) is 0.00217. The fourth-order valence-electron chi connectivity index (χ4n) is 3.01. The standard InChI is InChI=1S/C16H20N2O3S/c1-11(2)18-8-6-13-14(4-3-5-15(13)18)16(19)17-12-7-9-22(20,21)10-12/h3-6,8,11-12H,7,9-10H2,1-2H3,(H,17,19)/t12-/m1/s1. The van der Waals surface area contributed by atoms with Crippen LogP contribution in [0.15, 0.2) is 30.5 Å². The van der Waals surface area contributed by atoms with Gasteiger partial charge in [0.15, 0.2) is 9.84 Å². The minimum Gasteiger partial charge on any atom is -0.348 e. The lowest BCUT2D eigenvalue weighted by Gasteiger charge is -2.13. The van der Waals surface area contributed by atoms with E-state index in [-0.39, 0.29) is 23.5 Å². The van der Waals surface area contributed by atoms with Crippen LogP contribution in [0.5, 0.6) is 0 Å². The SMILES string of the molecule is CC(C)n1ccc2c(C(=O)N[C@@H]3CCS(=O)(=O)C3)cccc21. The maximum absolute atomic E-state index is 12.5. The molecule has 1 amide bonds. The molecule has 0 radical (unpaired) electrons. The first kappa shape index (κ1) is 15.1. The number of nitrogens with one attached hydrogen (secondary N) is 1. The summed E-state index contributed by atoms with van der Waals surface area (Å²) in [5.41, 5.74) is 1.61. The number of hydrogen-bond donors (Lipinski definition) is 1. The lowest BCUT2D eigenvalue weighted by Crippen LogP contribution is -2.35. The van der Waals surface area contributed by atoms with Crippen molar-refractivity contribution in [3.05, 3.63) is 36.0 Å². The largest absolute Gasteiger partial charge is 0.348 e. The van der Waals surface area contributed by atoms with Crippen LogP contribution in [0.2, 0.25) is 0 Å². The van der Waals surface area contributed by atoms with E-state index >= 15 is 0 Å². The van der Waals surface area contributed by atoms with Gasteiger partial charge in [-0.2, -0.15) is 0 Å². The molecule has 1 atom stereocenters. The van der Waals surface area contributed by atoms with Crippen LogP contribution in [0.25, 0.3) is 10.9 Å². The molecule has 1 aliphatic rings. The number of fused-ring (bicyclic) bond motifs is 1. The smallest absolute Gasteiger partial charge is 0.252 e. The number of rotatable bonds is 3. The summed E-state index contributed by atoms with van der Waals surface area (Å²) in [5, 5.41) is 3.75. The van der Waals surface area contributed by atoms with Crippen molar-refractivity contribution in [1.29, 1.82) is 0 Å². The van der Waals surface area contributed by atoms with Crippen molar-refractivity contribution in [1.82, 2.24) is 9.88 Å². The molecule has 0 spiro atoms. The van der Waals surface area contributed by atoms with E-state index in [1.165, 1.54) is 0 Å². The molecular formula is C16H20N2O3S. The normalized spacial score (nSPS) is 20.6. The van der Waals surface area contributed by atoms with E-state index in [4.69, 9.17) is 0 Å². The number of carbonyl (C=O) groups excluding carboxylic acids is 1. The summed E-state index contributed by atoms with van der Waals surface area (Å²) in [4.78, 5) is 12.5. The van der Waals surface area contributed by atoms with Crippen LogP contribution in [-0.2, 0) is 9.84 Å². The predicted octanol–water partition coefficient (Wildman–Crippen LogP) is 2.14. The Labute approximate surface area is 130 Å². The Kier molecular flexibility index (Phi) is 3.72. The highest BCUT2D eigenvalue weighted by molar-refractivity contribution is 7.91. The van der Waals surface area contributed by atoms with Gasteiger partial charge in [-0.1, -0.05) is 6.07 Å². The summed E-state index contributed by atoms with van der Waals surface area (Å²) in [6, 6.07) is 7.62. The minimum absolute atomic E-state index is 0.0434. The van der Waals surface area contributed by atoms with Crippen LogP contribution in [0.1, 0.15) is 36.7 Å². The fourth-order valence-corrected chi connectivity index (χ4v) is 4.68. The number of benzene rings is 1. The molecule has 2 aromatic rings. The predicted molar refractivity (Wildman–Crippen MR) is 86.8 cm³/mol. The molecule has 118 valence electrons. The second kappa shape index (κ2) is 5.43. The average molecular weight is 320 g/mol. The maximum Gasteiger partial charge on any atom is 0.252 e. The van der Waals surface area contributed by atoms with Gasteiger partial charge in [0.2, 0.25) is 0 Å². The van der Waals surface area contributed by atoms with Gasteiger partial charge in [-0.3, -0.25) is 4.79 Å². The first-order chi connectivity index (χ1) is 10.4. The molecule has 0 bridgehead atoms. The molecule has 1 aromatic heterocycles. The van der Waals surface area contributed by atoms with Gasteiger partial charge in [-0.05, 0) is 38.5 Å². The Bertz CT molecular complexity index is 821. The average Bonchev–Trinajstić information content (AvgIpc) is 3.01. The molecule has 1 fully saturated rings. The number of aromatic nitrogens is 1. The van der Waals surface area contributed by atoms with Gasteiger partial charge in [0.25, 0.3) is 5.91 Å². The quantitative estimate of drug-likeness (QED) is 0.942. The number of nitrogens with zero attached hydrogens (tertiary/aromatic N) is 1. The summed E-state index contributed by atoms with van der Waals surface area (Å²) >= 11 is 0. The molecule has 3 rings (SSSR count). The number of sulfone groups is 1. The van der Waals surface area contributed by atoms with E-state index in [9.17, 15) is 13.2 Å². The van der Waals surface area contributed by atoms with Gasteiger partial charge >= 0.3 is 0 Å². The van der Waals surface area contributed by atoms with Crippen molar-refractivity contribution in [3.8, 4) is 0 Å². The Hall–Kier alpha value is -1.82. The number of carbonyl (C=O) groups is 1. The molecule has 5 nitrogen and oxygen atoms in total. The topological polar surface area (TPSA) is 68.2 Å². The molecule has 1 saturated heterocycles. The van der Waals surface area contributed by atoms with Gasteiger partial charge in [0, 0.05) is 34.7 Å². The Morgan fingerprint density at radius 3 is 2.73 bits per heavy atom. The van der Waals surface area contributed by atoms with Gasteiger partial charge in [0.05, 0.1) is 11.5 Å². The van der Waals surface area contributed by atoms with Crippen molar-refractivity contribution in [2.24, 2.45) is 0 Å². The lowest BCUT2D eigenvalue weighted by atomic mass is 10.1. The van der Waals surface area contributed by atoms with E-state index in [1.807, 2.05) is 24.4 Å². The Balaban J connectivity index is 1.88. The van der Waals surface area contributed by atoms with E-state index in [1.54, 1.807) is 6.07 Å². The zero-order valence-corrected chi connectivity index (χ0v) is 13.6. The highest BCUT2D eigenvalue weighted by Crippen LogP contribution is 2.24. The third kappa shape index (κ3) is 2.75. The summed E-state index contributed by atoms with van der Waals surface area (Å²) in [6.45, 7) is 4.19. The molecule has 0 aliphatic carbocycles. The van der Waals surface area contributed by atoms with E-state index < -0.39 is 9.84 Å². The number of amides is 1. The monoisotopic (exact) mass is 320 g/mol. The fraction of sp³-hybridized carbons (Fsp3) is 0.438. The maximum atomic E-state index is 12.5. The van der Waals surface area contributed by atoms with Crippen molar-refractivity contribution in [2.45, 2.75) is 32.4 Å². The third-order valence-corrected chi connectivity index (χ3v) is 5.90. The number of hydrogen-bond acceptors (Lipinski definition) is 3. The molecule has 6 heteroatoms. The summed E-state index contributed by atoms with van der Waals surface area (Å²) < 4.78 is 25.1. The minimum atomic E-state index is -2.99. The van der Waals surface area contributed by atoms with Crippen molar-refractivity contribution in [2.75, 3.05) is 11.5 Å². The van der Waals surface area contributed by atoms with Gasteiger partial charge < -0.3 is 9.88 Å². The highest BCUT2D eigenvalue weighted by atomic mass is 32.2. The second-order valence-electron chi connectivity index (χ2n) is 6.13. The molecule has 2 heterocycles. The van der Waals surface area contributed by atoms with Crippen LogP contribution in [-0.4, -0.2) is 36.4 Å². The van der Waals surface area contributed by atoms with E-state index in [2.05, 4.69) is 23.7 Å². The first-order valence-electron chi connectivity index (χ1n) is 7.48. The van der Waals surface area contributed by atoms with E-state index in [0.717, 1.165) is 10.9 Å². The van der Waals surface area contributed by atoms with Gasteiger partial charge in [-0.15, -0.1) is 0 Å². The third-order valence-electron chi connectivity index (χ3n) is 4.13. The van der Waals surface area contributed by atoms with Crippen LogP contribution < -0.4 is 5.32 Å². The van der Waals surface area contributed by atoms with Gasteiger partial charge in [0.1, 0.15) is 0 Å².